The maximum Gasteiger partial charge on any atom is 0.441 e. The minimum absolute atomic E-state index is 0.0314. The molecule has 0 amide bonds. The van der Waals surface area contributed by atoms with Crippen LogP contribution in [0.4, 0.5) is 13.2 Å². The molecular weight excluding hydrogens is 223 g/mol. The first-order chi connectivity index (χ1) is 6.81. The zero-order chi connectivity index (χ0) is 11.6. The summed E-state index contributed by atoms with van der Waals surface area (Å²) in [6.45, 7) is 6.29. The minimum Gasteiger partial charge on any atom is -0.350 e. The highest BCUT2D eigenvalue weighted by molar-refractivity contribution is 8.00. The van der Waals surface area contributed by atoms with Crippen LogP contribution in [0, 0.1) is 20.8 Å². The van der Waals surface area contributed by atoms with Crippen molar-refractivity contribution < 1.29 is 13.2 Å². The molecule has 0 atom stereocenters. The summed E-state index contributed by atoms with van der Waals surface area (Å²) < 4.78 is 37.6. The van der Waals surface area contributed by atoms with Gasteiger partial charge in [-0.2, -0.15) is 13.2 Å². The van der Waals surface area contributed by atoms with E-state index < -0.39 is 5.51 Å². The van der Waals surface area contributed by atoms with Crippen LogP contribution in [0.25, 0.3) is 0 Å². The Morgan fingerprint density at radius 3 is 2.27 bits per heavy atom. The van der Waals surface area contributed by atoms with Crippen molar-refractivity contribution in [1.82, 2.24) is 4.57 Å². The average Bonchev–Trinajstić information content (AvgIpc) is 2.32. The summed E-state index contributed by atoms with van der Waals surface area (Å²) in [6.07, 6.45) is 1.90. The van der Waals surface area contributed by atoms with E-state index in [4.69, 9.17) is 0 Å². The molecule has 0 aliphatic heterocycles. The van der Waals surface area contributed by atoms with Crippen LogP contribution in [0.2, 0.25) is 0 Å². The minimum atomic E-state index is -4.12. The van der Waals surface area contributed by atoms with Crippen LogP contribution in [0.5, 0.6) is 0 Å². The van der Waals surface area contributed by atoms with Crippen molar-refractivity contribution in [2.75, 3.05) is 5.75 Å². The first-order valence-electron chi connectivity index (χ1n) is 4.65. The summed E-state index contributed by atoms with van der Waals surface area (Å²) >= 11 is 0.0314. The summed E-state index contributed by atoms with van der Waals surface area (Å²) in [5.74, 6) is 0.0674. The summed E-state index contributed by atoms with van der Waals surface area (Å²) in [5.41, 5.74) is -0.780. The lowest BCUT2D eigenvalue weighted by Crippen LogP contribution is -2.07. The van der Waals surface area contributed by atoms with E-state index in [1.807, 2.05) is 31.5 Å². The Morgan fingerprint density at radius 2 is 1.87 bits per heavy atom. The molecule has 0 aromatic carbocycles. The Hall–Kier alpha value is -0.580. The smallest absolute Gasteiger partial charge is 0.350 e. The fraction of sp³-hybridized carbons (Fsp3) is 0.600. The molecule has 15 heavy (non-hydrogen) atoms. The number of aromatic nitrogens is 1. The third kappa shape index (κ3) is 3.48. The SMILES string of the molecule is Cc1cn(CCSC(F)(F)F)c(C)c1C. The van der Waals surface area contributed by atoms with Gasteiger partial charge in [-0.05, 0) is 43.7 Å². The Morgan fingerprint density at radius 1 is 1.27 bits per heavy atom. The van der Waals surface area contributed by atoms with Gasteiger partial charge in [0.2, 0.25) is 0 Å². The van der Waals surface area contributed by atoms with Gasteiger partial charge < -0.3 is 4.57 Å². The van der Waals surface area contributed by atoms with Gasteiger partial charge in [-0.25, -0.2) is 0 Å². The Balaban J connectivity index is 2.55. The van der Waals surface area contributed by atoms with Crippen LogP contribution in [-0.2, 0) is 6.54 Å². The maximum atomic E-state index is 11.9. The van der Waals surface area contributed by atoms with E-state index in [1.54, 1.807) is 0 Å². The fourth-order valence-corrected chi connectivity index (χ4v) is 1.94. The molecule has 1 heterocycles. The van der Waals surface area contributed by atoms with Crippen molar-refractivity contribution in [2.45, 2.75) is 32.8 Å². The van der Waals surface area contributed by atoms with E-state index in [2.05, 4.69) is 0 Å². The molecule has 1 rings (SSSR count). The van der Waals surface area contributed by atoms with E-state index in [9.17, 15) is 13.2 Å². The monoisotopic (exact) mass is 237 g/mol. The Kier molecular flexibility index (Phi) is 3.76. The molecule has 0 unspecified atom stereocenters. The molecule has 0 saturated carbocycles. The molecule has 0 bridgehead atoms. The summed E-state index contributed by atoms with van der Waals surface area (Å²) in [7, 11) is 0. The number of thioether (sulfide) groups is 1. The molecular formula is C10H14F3NS. The predicted octanol–water partition coefficient (Wildman–Crippen LogP) is 3.67. The molecule has 0 fully saturated rings. The van der Waals surface area contributed by atoms with Crippen molar-refractivity contribution in [3.8, 4) is 0 Å². The summed E-state index contributed by atoms with van der Waals surface area (Å²) in [6, 6.07) is 0. The second kappa shape index (κ2) is 4.51. The van der Waals surface area contributed by atoms with E-state index in [-0.39, 0.29) is 17.5 Å². The lowest BCUT2D eigenvalue weighted by Gasteiger charge is -2.08. The van der Waals surface area contributed by atoms with Crippen LogP contribution in [0.15, 0.2) is 6.20 Å². The van der Waals surface area contributed by atoms with Gasteiger partial charge in [-0.1, -0.05) is 0 Å². The number of hydrogen-bond acceptors (Lipinski definition) is 1. The normalized spacial score (nSPS) is 12.1. The molecule has 0 aliphatic carbocycles. The lowest BCUT2D eigenvalue weighted by atomic mass is 10.2. The zero-order valence-electron chi connectivity index (χ0n) is 8.98. The van der Waals surface area contributed by atoms with E-state index in [0.29, 0.717) is 6.54 Å². The van der Waals surface area contributed by atoms with Crippen LogP contribution >= 0.6 is 11.8 Å². The number of rotatable bonds is 3. The second-order valence-corrected chi connectivity index (χ2v) is 4.67. The van der Waals surface area contributed by atoms with Crippen LogP contribution in [-0.4, -0.2) is 15.8 Å². The molecule has 1 nitrogen and oxygen atoms in total. The quantitative estimate of drug-likeness (QED) is 0.776. The maximum absolute atomic E-state index is 11.9. The van der Waals surface area contributed by atoms with Gasteiger partial charge in [0.25, 0.3) is 0 Å². The highest BCUT2D eigenvalue weighted by Gasteiger charge is 2.27. The van der Waals surface area contributed by atoms with Gasteiger partial charge in [-0.15, -0.1) is 0 Å². The molecule has 1 aromatic heterocycles. The first kappa shape index (κ1) is 12.5. The van der Waals surface area contributed by atoms with E-state index in [0.717, 1.165) is 16.8 Å². The second-order valence-electron chi connectivity index (χ2n) is 3.51. The third-order valence-corrected chi connectivity index (χ3v) is 3.23. The number of alkyl halides is 3. The molecule has 0 radical (unpaired) electrons. The molecule has 0 aliphatic rings. The van der Waals surface area contributed by atoms with Crippen molar-refractivity contribution in [1.29, 1.82) is 0 Å². The third-order valence-electron chi connectivity index (χ3n) is 2.51. The van der Waals surface area contributed by atoms with Gasteiger partial charge in [0, 0.05) is 24.2 Å². The fourth-order valence-electron chi connectivity index (χ4n) is 1.42. The van der Waals surface area contributed by atoms with E-state index in [1.165, 1.54) is 0 Å². The highest BCUT2D eigenvalue weighted by atomic mass is 32.2. The van der Waals surface area contributed by atoms with Crippen LogP contribution in [0.3, 0.4) is 0 Å². The molecule has 5 heteroatoms. The van der Waals surface area contributed by atoms with Gasteiger partial charge >= 0.3 is 5.51 Å². The number of hydrogen-bond donors (Lipinski definition) is 0. The van der Waals surface area contributed by atoms with Crippen LogP contribution in [0.1, 0.15) is 16.8 Å². The predicted molar refractivity (Wildman–Crippen MR) is 57.2 cm³/mol. The van der Waals surface area contributed by atoms with E-state index >= 15 is 0 Å². The number of halogens is 3. The van der Waals surface area contributed by atoms with Crippen LogP contribution < -0.4 is 0 Å². The van der Waals surface area contributed by atoms with Gasteiger partial charge in [-0.3, -0.25) is 0 Å². The summed E-state index contributed by atoms with van der Waals surface area (Å²) in [4.78, 5) is 0. The Labute approximate surface area is 91.7 Å². The average molecular weight is 237 g/mol. The number of nitrogens with zero attached hydrogens (tertiary/aromatic N) is 1. The van der Waals surface area contributed by atoms with Crippen molar-refractivity contribution in [2.24, 2.45) is 0 Å². The largest absolute Gasteiger partial charge is 0.441 e. The van der Waals surface area contributed by atoms with Gasteiger partial charge in [0.15, 0.2) is 0 Å². The standard InChI is InChI=1S/C10H14F3NS/c1-7-6-14(9(3)8(7)2)4-5-15-10(11,12)13/h6H,4-5H2,1-3H3. The first-order valence-corrected chi connectivity index (χ1v) is 5.63. The molecule has 0 N–H and O–H groups in total. The van der Waals surface area contributed by atoms with Gasteiger partial charge in [0.1, 0.15) is 0 Å². The molecule has 1 aromatic rings. The lowest BCUT2D eigenvalue weighted by molar-refractivity contribution is -0.0328. The van der Waals surface area contributed by atoms with Crippen molar-refractivity contribution in [3.63, 3.8) is 0 Å². The molecule has 0 saturated heterocycles. The highest BCUT2D eigenvalue weighted by Crippen LogP contribution is 2.30. The molecule has 86 valence electrons. The van der Waals surface area contributed by atoms with Crippen molar-refractivity contribution in [3.05, 3.63) is 23.0 Å². The zero-order valence-corrected chi connectivity index (χ0v) is 9.80. The van der Waals surface area contributed by atoms with Crippen molar-refractivity contribution >= 4 is 11.8 Å². The number of aryl methyl sites for hydroxylation is 2. The molecule has 0 spiro atoms. The van der Waals surface area contributed by atoms with Gasteiger partial charge in [0.05, 0.1) is 0 Å². The summed E-state index contributed by atoms with van der Waals surface area (Å²) in [5, 5.41) is 0. The Bertz CT molecular complexity index is 341. The topological polar surface area (TPSA) is 4.93 Å².